The molecule has 1 aromatic carbocycles. The first-order chi connectivity index (χ1) is 9.63. The first-order valence-electron chi connectivity index (χ1n) is 7.06. The summed E-state index contributed by atoms with van der Waals surface area (Å²) in [7, 11) is 0. The van der Waals surface area contributed by atoms with Gasteiger partial charge in [-0.3, -0.25) is 0 Å². The maximum atomic E-state index is 12.0. The lowest BCUT2D eigenvalue weighted by atomic mass is 9.87. The number of hydrogen-bond acceptors (Lipinski definition) is 3. The molecule has 0 heterocycles. The molecule has 3 nitrogen and oxygen atoms in total. The van der Waals surface area contributed by atoms with Crippen LogP contribution in [0.3, 0.4) is 0 Å². The highest BCUT2D eigenvalue weighted by Gasteiger charge is 2.18. The predicted molar refractivity (Wildman–Crippen MR) is 72.7 cm³/mol. The van der Waals surface area contributed by atoms with Crippen LogP contribution < -0.4 is 10.1 Å². The number of nitrogens with one attached hydrogen (secondary N) is 1. The number of rotatable bonds is 6. The van der Waals surface area contributed by atoms with Crippen molar-refractivity contribution in [2.75, 3.05) is 6.54 Å². The molecule has 0 aromatic heterocycles. The molecule has 0 saturated heterocycles. The first-order valence-corrected chi connectivity index (χ1v) is 7.06. The number of hydrogen-bond donors (Lipinski definition) is 2. The molecule has 0 spiro atoms. The lowest BCUT2D eigenvalue weighted by Gasteiger charge is -2.25. The van der Waals surface area contributed by atoms with Gasteiger partial charge in [-0.05, 0) is 55.8 Å². The summed E-state index contributed by atoms with van der Waals surface area (Å²) in [6.45, 7) is -1.13. The molecule has 0 radical (unpaired) electrons. The Hall–Kier alpha value is -1.20. The fourth-order valence-corrected chi connectivity index (χ4v) is 2.56. The van der Waals surface area contributed by atoms with Gasteiger partial charge in [0.25, 0.3) is 0 Å². The largest absolute Gasteiger partial charge is 0.435 e. The van der Waals surface area contributed by atoms with E-state index in [1.54, 1.807) is 24.3 Å². The Morgan fingerprint density at radius 3 is 2.40 bits per heavy atom. The van der Waals surface area contributed by atoms with Crippen molar-refractivity contribution in [1.82, 2.24) is 5.32 Å². The lowest BCUT2D eigenvalue weighted by Crippen LogP contribution is -2.27. The van der Waals surface area contributed by atoms with Gasteiger partial charge in [0.05, 0.1) is 6.10 Å². The number of ether oxygens (including phenoxy) is 1. The maximum Gasteiger partial charge on any atom is 0.387 e. The molecule has 1 aliphatic rings. The lowest BCUT2D eigenvalue weighted by molar-refractivity contribution is -0.0498. The molecular weight excluding hydrogens is 264 g/mol. The van der Waals surface area contributed by atoms with Gasteiger partial charge in [-0.1, -0.05) is 12.1 Å². The van der Waals surface area contributed by atoms with Crippen LogP contribution in [0.15, 0.2) is 24.3 Å². The Balaban J connectivity index is 1.69. The summed E-state index contributed by atoms with van der Waals surface area (Å²) < 4.78 is 28.3. The van der Waals surface area contributed by atoms with Crippen LogP contribution in [0.1, 0.15) is 31.2 Å². The predicted octanol–water partition coefficient (Wildman–Crippen LogP) is 2.93. The van der Waals surface area contributed by atoms with Crippen LogP contribution in [0.5, 0.6) is 5.75 Å². The minimum Gasteiger partial charge on any atom is -0.435 e. The van der Waals surface area contributed by atoms with Crippen LogP contribution in [-0.4, -0.2) is 24.4 Å². The van der Waals surface area contributed by atoms with Crippen molar-refractivity contribution in [3.8, 4) is 5.75 Å². The summed E-state index contributed by atoms with van der Waals surface area (Å²) in [5, 5.41) is 12.8. The molecular formula is C15H21F2NO2. The summed E-state index contributed by atoms with van der Waals surface area (Å²) in [4.78, 5) is 0. The Morgan fingerprint density at radius 2 is 1.80 bits per heavy atom. The SMILES string of the molecule is OC1CCC(CNCc2ccc(OC(F)F)cc2)CC1. The Kier molecular flexibility index (Phi) is 5.73. The highest BCUT2D eigenvalue weighted by Crippen LogP contribution is 2.23. The summed E-state index contributed by atoms with van der Waals surface area (Å²) in [6, 6.07) is 6.69. The molecule has 2 rings (SSSR count). The zero-order valence-electron chi connectivity index (χ0n) is 11.4. The number of halogens is 2. The molecule has 112 valence electrons. The average molecular weight is 285 g/mol. The summed E-state index contributed by atoms with van der Waals surface area (Å²) >= 11 is 0. The molecule has 0 atom stereocenters. The van der Waals surface area contributed by atoms with Crippen LogP contribution in [0.25, 0.3) is 0 Å². The molecule has 5 heteroatoms. The zero-order valence-corrected chi connectivity index (χ0v) is 11.4. The van der Waals surface area contributed by atoms with Crippen molar-refractivity contribution in [1.29, 1.82) is 0 Å². The summed E-state index contributed by atoms with van der Waals surface area (Å²) in [6.07, 6.45) is 3.80. The van der Waals surface area contributed by atoms with Gasteiger partial charge in [0.2, 0.25) is 0 Å². The molecule has 1 fully saturated rings. The highest BCUT2D eigenvalue weighted by atomic mass is 19.3. The van der Waals surface area contributed by atoms with E-state index in [4.69, 9.17) is 0 Å². The number of aliphatic hydroxyl groups is 1. The third-order valence-electron chi connectivity index (χ3n) is 3.73. The van der Waals surface area contributed by atoms with Gasteiger partial charge >= 0.3 is 6.61 Å². The first kappa shape index (κ1) is 15.2. The Labute approximate surface area is 117 Å². The Bertz CT molecular complexity index is 389. The van der Waals surface area contributed by atoms with E-state index < -0.39 is 6.61 Å². The quantitative estimate of drug-likeness (QED) is 0.844. The van der Waals surface area contributed by atoms with E-state index in [-0.39, 0.29) is 11.9 Å². The van der Waals surface area contributed by atoms with E-state index in [0.717, 1.165) is 37.8 Å². The van der Waals surface area contributed by atoms with E-state index in [0.29, 0.717) is 12.5 Å². The van der Waals surface area contributed by atoms with Crippen LogP contribution in [-0.2, 0) is 6.54 Å². The van der Waals surface area contributed by atoms with E-state index >= 15 is 0 Å². The minimum atomic E-state index is -2.78. The van der Waals surface area contributed by atoms with Gasteiger partial charge in [0.1, 0.15) is 5.75 Å². The van der Waals surface area contributed by atoms with E-state index in [1.807, 2.05) is 0 Å². The normalized spacial score (nSPS) is 23.0. The smallest absolute Gasteiger partial charge is 0.387 e. The zero-order chi connectivity index (χ0) is 14.4. The summed E-state index contributed by atoms with van der Waals surface area (Å²) in [5.41, 5.74) is 1.04. The molecule has 0 unspecified atom stereocenters. The van der Waals surface area contributed by atoms with E-state index in [1.165, 1.54) is 0 Å². The second-order valence-corrected chi connectivity index (χ2v) is 5.33. The number of benzene rings is 1. The molecule has 1 aromatic rings. The van der Waals surface area contributed by atoms with Crippen molar-refractivity contribution in [2.45, 2.75) is 44.9 Å². The molecule has 0 bridgehead atoms. The molecule has 20 heavy (non-hydrogen) atoms. The molecule has 1 aliphatic carbocycles. The van der Waals surface area contributed by atoms with Crippen LogP contribution in [0, 0.1) is 5.92 Å². The topological polar surface area (TPSA) is 41.5 Å². The van der Waals surface area contributed by atoms with Crippen molar-refractivity contribution in [3.63, 3.8) is 0 Å². The van der Waals surface area contributed by atoms with Crippen molar-refractivity contribution in [3.05, 3.63) is 29.8 Å². The third kappa shape index (κ3) is 5.06. The fourth-order valence-electron chi connectivity index (χ4n) is 2.56. The maximum absolute atomic E-state index is 12.0. The van der Waals surface area contributed by atoms with E-state index in [2.05, 4.69) is 10.1 Å². The van der Waals surface area contributed by atoms with Crippen LogP contribution >= 0.6 is 0 Å². The van der Waals surface area contributed by atoms with Crippen LogP contribution in [0.2, 0.25) is 0 Å². The highest BCUT2D eigenvalue weighted by molar-refractivity contribution is 5.27. The molecule has 1 saturated carbocycles. The standard InChI is InChI=1S/C15H21F2NO2/c16-15(17)20-14-7-3-12(4-8-14)10-18-9-11-1-5-13(19)6-2-11/h3-4,7-8,11,13,15,18-19H,1-2,5-6,9-10H2. The van der Waals surface area contributed by atoms with Crippen molar-refractivity contribution >= 4 is 0 Å². The van der Waals surface area contributed by atoms with Gasteiger partial charge in [-0.15, -0.1) is 0 Å². The number of aliphatic hydroxyl groups excluding tert-OH is 1. The Morgan fingerprint density at radius 1 is 1.15 bits per heavy atom. The average Bonchev–Trinajstić information content (AvgIpc) is 2.42. The minimum absolute atomic E-state index is 0.117. The summed E-state index contributed by atoms with van der Waals surface area (Å²) in [5.74, 6) is 0.810. The second-order valence-electron chi connectivity index (χ2n) is 5.33. The number of alkyl halides is 2. The molecule has 2 N–H and O–H groups in total. The van der Waals surface area contributed by atoms with E-state index in [9.17, 15) is 13.9 Å². The van der Waals surface area contributed by atoms with Gasteiger partial charge in [-0.25, -0.2) is 0 Å². The van der Waals surface area contributed by atoms with Gasteiger partial charge < -0.3 is 15.2 Å². The molecule has 0 aliphatic heterocycles. The van der Waals surface area contributed by atoms with Gasteiger partial charge in [0.15, 0.2) is 0 Å². The van der Waals surface area contributed by atoms with Gasteiger partial charge in [0, 0.05) is 6.54 Å². The fraction of sp³-hybridized carbons (Fsp3) is 0.600. The monoisotopic (exact) mass is 285 g/mol. The third-order valence-corrected chi connectivity index (χ3v) is 3.73. The van der Waals surface area contributed by atoms with Crippen molar-refractivity contribution in [2.24, 2.45) is 5.92 Å². The van der Waals surface area contributed by atoms with Crippen molar-refractivity contribution < 1.29 is 18.6 Å². The second kappa shape index (κ2) is 7.55. The molecule has 0 amide bonds. The van der Waals surface area contributed by atoms with Crippen LogP contribution in [0.4, 0.5) is 8.78 Å². The van der Waals surface area contributed by atoms with Gasteiger partial charge in [-0.2, -0.15) is 8.78 Å².